The lowest BCUT2D eigenvalue weighted by atomic mass is 10.1. The van der Waals surface area contributed by atoms with Gasteiger partial charge in [-0.3, -0.25) is 9.59 Å². The Balaban J connectivity index is 1.68. The molecule has 0 atom stereocenters. The van der Waals surface area contributed by atoms with Crippen LogP contribution in [0.5, 0.6) is 11.5 Å². The van der Waals surface area contributed by atoms with E-state index in [4.69, 9.17) is 9.84 Å². The number of halogens is 3. The summed E-state index contributed by atoms with van der Waals surface area (Å²) in [5, 5.41) is 14.0. The van der Waals surface area contributed by atoms with Gasteiger partial charge in [0.2, 0.25) is 0 Å². The second-order valence-corrected chi connectivity index (χ2v) is 8.07. The molecule has 188 valence electrons. The van der Waals surface area contributed by atoms with E-state index >= 15 is 0 Å². The monoisotopic (exact) mass is 492 g/mol. The van der Waals surface area contributed by atoms with E-state index in [1.807, 2.05) is 0 Å². The maximum Gasteiger partial charge on any atom is 0.573 e. The fraction of sp³-hybridized carbons (Fsp3) is 0.360. The molecule has 10 heteroatoms. The standard InChI is InChI=1S/C25H27F3N2O5/c26-25(27,28)35-21-8-4-18(5-9-21)16-22(24(33)29-13-1-14-31)30-23(32)19-6-10-20(11-7-19)34-15-12-17-2-3-17/h4-11,16-17,31H,1-3,12-15H2,(H,29,33)(H,30,32)/b22-16+. The maximum absolute atomic E-state index is 12.8. The van der Waals surface area contributed by atoms with Gasteiger partial charge in [-0.1, -0.05) is 25.0 Å². The van der Waals surface area contributed by atoms with Crippen LogP contribution in [0, 0.1) is 5.92 Å². The number of nitrogens with one attached hydrogen (secondary N) is 2. The van der Waals surface area contributed by atoms with Crippen LogP contribution >= 0.6 is 0 Å². The topological polar surface area (TPSA) is 96.9 Å². The fourth-order valence-corrected chi connectivity index (χ4v) is 3.11. The van der Waals surface area contributed by atoms with E-state index in [0.29, 0.717) is 29.9 Å². The molecule has 1 saturated carbocycles. The van der Waals surface area contributed by atoms with Crippen molar-refractivity contribution < 1.29 is 37.3 Å². The van der Waals surface area contributed by atoms with E-state index in [2.05, 4.69) is 15.4 Å². The highest BCUT2D eigenvalue weighted by Gasteiger charge is 2.31. The highest BCUT2D eigenvalue weighted by molar-refractivity contribution is 6.05. The SMILES string of the molecule is O=C(NCCCO)/C(=C\c1ccc(OC(F)(F)F)cc1)NC(=O)c1ccc(OCCC2CC2)cc1. The lowest BCUT2D eigenvalue weighted by molar-refractivity contribution is -0.274. The molecule has 0 aliphatic heterocycles. The quantitative estimate of drug-likeness (QED) is 0.307. The molecule has 1 fully saturated rings. The number of aliphatic hydroxyl groups is 1. The molecule has 1 aliphatic rings. The van der Waals surface area contributed by atoms with Gasteiger partial charge in [-0.15, -0.1) is 13.2 Å². The van der Waals surface area contributed by atoms with Crippen molar-refractivity contribution >= 4 is 17.9 Å². The summed E-state index contributed by atoms with van der Waals surface area (Å²) >= 11 is 0. The first-order chi connectivity index (χ1) is 16.7. The minimum atomic E-state index is -4.82. The molecule has 0 bridgehead atoms. The third-order valence-electron chi connectivity index (χ3n) is 5.15. The first-order valence-electron chi connectivity index (χ1n) is 11.2. The highest BCUT2D eigenvalue weighted by atomic mass is 19.4. The number of carbonyl (C=O) groups excluding carboxylic acids is 2. The van der Waals surface area contributed by atoms with Gasteiger partial charge in [0.15, 0.2) is 0 Å². The maximum atomic E-state index is 12.8. The van der Waals surface area contributed by atoms with E-state index in [1.54, 1.807) is 24.3 Å². The summed E-state index contributed by atoms with van der Waals surface area (Å²) in [5.74, 6) is -0.173. The van der Waals surface area contributed by atoms with Crippen LogP contribution in [0.3, 0.4) is 0 Å². The van der Waals surface area contributed by atoms with Crippen molar-refractivity contribution in [3.63, 3.8) is 0 Å². The Morgan fingerprint density at radius 1 is 1.03 bits per heavy atom. The summed E-state index contributed by atoms with van der Waals surface area (Å²) in [6.45, 7) is 0.666. The number of benzene rings is 2. The van der Waals surface area contributed by atoms with Crippen molar-refractivity contribution in [1.82, 2.24) is 10.6 Å². The minimum Gasteiger partial charge on any atom is -0.494 e. The van der Waals surface area contributed by atoms with Gasteiger partial charge in [0.25, 0.3) is 11.8 Å². The van der Waals surface area contributed by atoms with Crippen LogP contribution in [0.4, 0.5) is 13.2 Å². The summed E-state index contributed by atoms with van der Waals surface area (Å²) in [5.41, 5.74) is 0.552. The van der Waals surface area contributed by atoms with E-state index in [-0.39, 0.29) is 18.8 Å². The number of amides is 2. The second-order valence-electron chi connectivity index (χ2n) is 8.07. The lowest BCUT2D eigenvalue weighted by Crippen LogP contribution is -2.35. The third-order valence-corrected chi connectivity index (χ3v) is 5.15. The minimum absolute atomic E-state index is 0.109. The predicted octanol–water partition coefficient (Wildman–Crippen LogP) is 4.03. The molecule has 1 aliphatic carbocycles. The van der Waals surface area contributed by atoms with Crippen LogP contribution in [-0.4, -0.2) is 43.0 Å². The number of alkyl halides is 3. The number of rotatable bonds is 12. The Bertz CT molecular complexity index is 1020. The molecule has 2 aromatic carbocycles. The molecule has 35 heavy (non-hydrogen) atoms. The van der Waals surface area contributed by atoms with Gasteiger partial charge in [-0.2, -0.15) is 0 Å². The van der Waals surface area contributed by atoms with E-state index in [0.717, 1.165) is 24.5 Å². The van der Waals surface area contributed by atoms with Gasteiger partial charge in [0.1, 0.15) is 17.2 Å². The summed E-state index contributed by atoms with van der Waals surface area (Å²) in [4.78, 5) is 25.4. The average Bonchev–Trinajstić information content (AvgIpc) is 3.64. The number of carbonyl (C=O) groups is 2. The first-order valence-corrected chi connectivity index (χ1v) is 11.2. The zero-order valence-electron chi connectivity index (χ0n) is 18.9. The molecule has 0 saturated heterocycles. The number of hydrogen-bond donors (Lipinski definition) is 3. The van der Waals surface area contributed by atoms with Gasteiger partial charge in [0.05, 0.1) is 6.61 Å². The number of ether oxygens (including phenoxy) is 2. The number of aliphatic hydroxyl groups excluding tert-OH is 1. The van der Waals surface area contributed by atoms with Gasteiger partial charge in [0, 0.05) is 18.7 Å². The Hall–Kier alpha value is -3.53. The largest absolute Gasteiger partial charge is 0.573 e. The molecule has 0 heterocycles. The van der Waals surface area contributed by atoms with Crippen molar-refractivity contribution in [3.8, 4) is 11.5 Å². The molecule has 0 aromatic heterocycles. The Kier molecular flexibility index (Phi) is 9.13. The molecular formula is C25H27F3N2O5. The average molecular weight is 492 g/mol. The summed E-state index contributed by atoms with van der Waals surface area (Å²) in [6, 6.07) is 11.3. The van der Waals surface area contributed by atoms with Crippen LogP contribution < -0.4 is 20.1 Å². The van der Waals surface area contributed by atoms with Crippen molar-refractivity contribution in [2.45, 2.75) is 32.0 Å². The molecule has 7 nitrogen and oxygen atoms in total. The van der Waals surface area contributed by atoms with Crippen molar-refractivity contribution in [1.29, 1.82) is 0 Å². The van der Waals surface area contributed by atoms with Crippen LogP contribution in [0.25, 0.3) is 6.08 Å². The van der Waals surface area contributed by atoms with E-state index in [1.165, 1.54) is 31.1 Å². The third kappa shape index (κ3) is 9.32. The molecule has 0 radical (unpaired) electrons. The van der Waals surface area contributed by atoms with Crippen LogP contribution in [0.15, 0.2) is 54.2 Å². The molecular weight excluding hydrogens is 465 g/mol. The summed E-state index contributed by atoms with van der Waals surface area (Å²) < 4.78 is 46.6. The van der Waals surface area contributed by atoms with Gasteiger partial charge < -0.3 is 25.2 Å². The van der Waals surface area contributed by atoms with Crippen LogP contribution in [0.2, 0.25) is 0 Å². The Morgan fingerprint density at radius 3 is 2.29 bits per heavy atom. The van der Waals surface area contributed by atoms with Gasteiger partial charge in [-0.25, -0.2) is 0 Å². The smallest absolute Gasteiger partial charge is 0.494 e. The van der Waals surface area contributed by atoms with Crippen molar-refractivity contribution in [3.05, 3.63) is 65.4 Å². The lowest BCUT2D eigenvalue weighted by Gasteiger charge is -2.12. The molecule has 0 spiro atoms. The molecule has 0 unspecified atom stereocenters. The Morgan fingerprint density at radius 2 is 1.69 bits per heavy atom. The van der Waals surface area contributed by atoms with Crippen LogP contribution in [-0.2, 0) is 4.79 Å². The van der Waals surface area contributed by atoms with Gasteiger partial charge >= 0.3 is 6.36 Å². The molecule has 3 N–H and O–H groups in total. The summed E-state index contributed by atoms with van der Waals surface area (Å²) in [7, 11) is 0. The van der Waals surface area contributed by atoms with E-state index < -0.39 is 23.9 Å². The molecule has 2 amide bonds. The first kappa shape index (κ1) is 26.1. The number of hydrogen-bond acceptors (Lipinski definition) is 5. The zero-order valence-corrected chi connectivity index (χ0v) is 18.9. The van der Waals surface area contributed by atoms with Crippen molar-refractivity contribution in [2.75, 3.05) is 19.8 Å². The predicted molar refractivity (Wildman–Crippen MR) is 123 cm³/mol. The van der Waals surface area contributed by atoms with Crippen LogP contribution in [0.1, 0.15) is 41.6 Å². The normalized spacial score (nSPS) is 13.8. The zero-order chi connectivity index (χ0) is 25.3. The summed E-state index contributed by atoms with van der Waals surface area (Å²) in [6.07, 6.45) is 0.332. The molecule has 3 rings (SSSR count). The van der Waals surface area contributed by atoms with Gasteiger partial charge in [-0.05, 0) is 66.8 Å². The second kappa shape index (κ2) is 12.3. The highest BCUT2D eigenvalue weighted by Crippen LogP contribution is 2.32. The fourth-order valence-electron chi connectivity index (χ4n) is 3.11. The Labute approximate surface area is 200 Å². The molecule has 2 aromatic rings. The van der Waals surface area contributed by atoms with Crippen molar-refractivity contribution in [2.24, 2.45) is 5.92 Å². The van der Waals surface area contributed by atoms with E-state index in [9.17, 15) is 22.8 Å².